The molecule has 0 unspecified atom stereocenters. The molecule has 1 saturated carbocycles. The zero-order chi connectivity index (χ0) is 10.3. The van der Waals surface area contributed by atoms with Crippen LogP contribution < -0.4 is 11.1 Å². The number of hydrogen-bond acceptors (Lipinski definition) is 2. The summed E-state index contributed by atoms with van der Waals surface area (Å²) in [6.07, 6.45) is 3.81. The lowest BCUT2D eigenvalue weighted by molar-refractivity contribution is -0.125. The van der Waals surface area contributed by atoms with Crippen LogP contribution in [0.4, 0.5) is 0 Å². The second kappa shape index (κ2) is 3.23. The molecule has 3 atom stereocenters. The van der Waals surface area contributed by atoms with Gasteiger partial charge in [0.2, 0.25) is 5.91 Å². The Morgan fingerprint density at radius 2 is 2.14 bits per heavy atom. The zero-order valence-corrected chi connectivity index (χ0v) is 9.05. The summed E-state index contributed by atoms with van der Waals surface area (Å²) in [4.78, 5) is 11.3. The van der Waals surface area contributed by atoms with E-state index in [1.54, 1.807) is 0 Å². The van der Waals surface area contributed by atoms with Gasteiger partial charge >= 0.3 is 0 Å². The predicted molar refractivity (Wildman–Crippen MR) is 55.6 cm³/mol. The van der Waals surface area contributed by atoms with E-state index in [2.05, 4.69) is 19.2 Å². The van der Waals surface area contributed by atoms with Crippen LogP contribution in [-0.4, -0.2) is 18.0 Å². The molecule has 1 aliphatic heterocycles. The third-order valence-electron chi connectivity index (χ3n) is 3.68. The van der Waals surface area contributed by atoms with Gasteiger partial charge in [0.1, 0.15) is 0 Å². The van der Waals surface area contributed by atoms with Crippen LogP contribution in [0.1, 0.15) is 39.5 Å². The van der Waals surface area contributed by atoms with E-state index in [1.807, 2.05) is 0 Å². The molecule has 3 N–H and O–H groups in total. The summed E-state index contributed by atoms with van der Waals surface area (Å²) in [5, 5.41) is 3.09. The van der Waals surface area contributed by atoms with Crippen molar-refractivity contribution in [2.24, 2.45) is 17.1 Å². The van der Waals surface area contributed by atoms with Gasteiger partial charge in [0.05, 0.1) is 0 Å². The van der Waals surface area contributed by atoms with Crippen molar-refractivity contribution < 1.29 is 4.79 Å². The van der Waals surface area contributed by atoms with Crippen LogP contribution in [-0.2, 0) is 4.79 Å². The molecule has 2 rings (SSSR count). The highest BCUT2D eigenvalue weighted by Crippen LogP contribution is 2.40. The van der Waals surface area contributed by atoms with Crippen LogP contribution in [0.2, 0.25) is 0 Å². The molecule has 0 spiro atoms. The van der Waals surface area contributed by atoms with E-state index >= 15 is 0 Å². The van der Waals surface area contributed by atoms with Crippen LogP contribution in [0.3, 0.4) is 0 Å². The van der Waals surface area contributed by atoms with E-state index in [9.17, 15) is 4.79 Å². The fourth-order valence-corrected chi connectivity index (χ4v) is 3.07. The summed E-state index contributed by atoms with van der Waals surface area (Å²) in [7, 11) is 0. The summed E-state index contributed by atoms with van der Waals surface area (Å²) in [5.74, 6) is 0.719. The molecule has 1 heterocycles. The Hall–Kier alpha value is -0.570. The Morgan fingerprint density at radius 1 is 1.43 bits per heavy atom. The molecule has 0 bridgehead atoms. The largest absolute Gasteiger partial charge is 0.353 e. The van der Waals surface area contributed by atoms with Gasteiger partial charge in [-0.25, -0.2) is 0 Å². The highest BCUT2D eigenvalue weighted by atomic mass is 16.1. The normalized spacial score (nSPS) is 41.4. The molecule has 1 aliphatic carbocycles. The average Bonchev–Trinajstić information content (AvgIpc) is 2.00. The minimum atomic E-state index is 0.205. The third kappa shape index (κ3) is 1.78. The molecular formula is C11H20N2O. The summed E-state index contributed by atoms with van der Waals surface area (Å²) >= 11 is 0. The van der Waals surface area contributed by atoms with Gasteiger partial charge in [0, 0.05) is 18.5 Å². The monoisotopic (exact) mass is 196 g/mol. The Kier molecular flexibility index (Phi) is 2.30. The van der Waals surface area contributed by atoms with Crippen LogP contribution >= 0.6 is 0 Å². The average molecular weight is 196 g/mol. The second-order valence-corrected chi connectivity index (χ2v) is 5.61. The van der Waals surface area contributed by atoms with E-state index < -0.39 is 0 Å². The summed E-state index contributed by atoms with van der Waals surface area (Å²) in [6, 6.07) is 0.597. The van der Waals surface area contributed by atoms with E-state index in [4.69, 9.17) is 5.73 Å². The van der Waals surface area contributed by atoms with Crippen molar-refractivity contribution in [2.75, 3.05) is 0 Å². The molecule has 1 saturated heterocycles. The van der Waals surface area contributed by atoms with Gasteiger partial charge in [-0.1, -0.05) is 13.8 Å². The van der Waals surface area contributed by atoms with Crippen LogP contribution in [0.5, 0.6) is 0 Å². The molecule has 0 aromatic heterocycles. The Morgan fingerprint density at radius 3 is 2.86 bits per heavy atom. The van der Waals surface area contributed by atoms with Crippen molar-refractivity contribution in [2.45, 2.75) is 51.6 Å². The smallest absolute Gasteiger partial charge is 0.220 e. The summed E-state index contributed by atoms with van der Waals surface area (Å²) in [5.41, 5.74) is 6.44. The first-order valence-electron chi connectivity index (χ1n) is 5.53. The Balaban J connectivity index is 2.11. The molecule has 14 heavy (non-hydrogen) atoms. The number of carbonyl (C=O) groups excluding carboxylic acids is 1. The van der Waals surface area contributed by atoms with Crippen LogP contribution in [0, 0.1) is 11.3 Å². The highest BCUT2D eigenvalue weighted by molar-refractivity contribution is 5.77. The van der Waals surface area contributed by atoms with Crippen molar-refractivity contribution >= 4 is 5.91 Å². The lowest BCUT2D eigenvalue weighted by Crippen LogP contribution is -2.57. The molecule has 0 aromatic carbocycles. The molecule has 0 radical (unpaired) electrons. The van der Waals surface area contributed by atoms with Gasteiger partial charge < -0.3 is 11.1 Å². The topological polar surface area (TPSA) is 55.1 Å². The molecular weight excluding hydrogens is 176 g/mol. The number of hydrogen-bond donors (Lipinski definition) is 2. The number of amides is 1. The number of nitrogens with two attached hydrogens (primary N) is 1. The van der Waals surface area contributed by atoms with E-state index in [-0.39, 0.29) is 17.4 Å². The van der Waals surface area contributed by atoms with Crippen molar-refractivity contribution in [3.05, 3.63) is 0 Å². The minimum absolute atomic E-state index is 0.205. The predicted octanol–water partition coefficient (Wildman–Crippen LogP) is 1.03. The molecule has 1 amide bonds. The summed E-state index contributed by atoms with van der Waals surface area (Å²) < 4.78 is 0. The Bertz CT molecular complexity index is 250. The van der Waals surface area contributed by atoms with E-state index in [0.29, 0.717) is 18.4 Å². The van der Waals surface area contributed by atoms with Crippen molar-refractivity contribution in [1.82, 2.24) is 5.32 Å². The first-order valence-corrected chi connectivity index (χ1v) is 5.53. The zero-order valence-electron chi connectivity index (χ0n) is 9.05. The lowest BCUT2D eigenvalue weighted by Gasteiger charge is -2.46. The molecule has 0 aromatic rings. The van der Waals surface area contributed by atoms with Gasteiger partial charge in [-0.05, 0) is 30.6 Å². The number of nitrogens with one attached hydrogen (secondary N) is 1. The standard InChI is InChI=1S/C11H20N2O/c1-11(2)5-8(12)7-3-4-10(14)13-9(7)6-11/h7-9H,3-6,12H2,1-2H3,(H,13,14)/t7-,8+,9+/m0/s1. The van der Waals surface area contributed by atoms with Gasteiger partial charge in [-0.2, -0.15) is 0 Å². The van der Waals surface area contributed by atoms with Gasteiger partial charge in [-0.3, -0.25) is 4.79 Å². The number of fused-ring (bicyclic) bond motifs is 1. The molecule has 3 nitrogen and oxygen atoms in total. The Labute approximate surface area is 85.4 Å². The molecule has 2 fully saturated rings. The lowest BCUT2D eigenvalue weighted by atomic mass is 9.65. The molecule has 3 heteroatoms. The fourth-order valence-electron chi connectivity index (χ4n) is 3.07. The first kappa shape index (κ1) is 9.97. The maximum absolute atomic E-state index is 11.3. The van der Waals surface area contributed by atoms with Crippen LogP contribution in [0.15, 0.2) is 0 Å². The summed E-state index contributed by atoms with van der Waals surface area (Å²) in [6.45, 7) is 4.48. The number of rotatable bonds is 0. The fraction of sp³-hybridized carbons (Fsp3) is 0.909. The maximum Gasteiger partial charge on any atom is 0.220 e. The third-order valence-corrected chi connectivity index (χ3v) is 3.68. The van der Waals surface area contributed by atoms with E-state index in [1.165, 1.54) is 0 Å². The SMILES string of the molecule is CC1(C)C[C@@H](N)[C@@H]2CCC(=O)N[C@@H]2C1. The van der Waals surface area contributed by atoms with Crippen LogP contribution in [0.25, 0.3) is 0 Å². The molecule has 2 aliphatic rings. The first-order chi connectivity index (χ1) is 6.48. The van der Waals surface area contributed by atoms with Gasteiger partial charge in [0.15, 0.2) is 0 Å². The number of piperidine rings is 1. The van der Waals surface area contributed by atoms with Crippen molar-refractivity contribution in [3.63, 3.8) is 0 Å². The minimum Gasteiger partial charge on any atom is -0.353 e. The van der Waals surface area contributed by atoms with Gasteiger partial charge in [0.25, 0.3) is 0 Å². The quantitative estimate of drug-likeness (QED) is 0.608. The van der Waals surface area contributed by atoms with Crippen molar-refractivity contribution in [1.29, 1.82) is 0 Å². The van der Waals surface area contributed by atoms with Gasteiger partial charge in [-0.15, -0.1) is 0 Å². The highest BCUT2D eigenvalue weighted by Gasteiger charge is 2.42. The molecule has 80 valence electrons. The van der Waals surface area contributed by atoms with Crippen molar-refractivity contribution in [3.8, 4) is 0 Å². The maximum atomic E-state index is 11.3. The van der Waals surface area contributed by atoms with E-state index in [0.717, 1.165) is 19.3 Å². The number of carbonyl (C=O) groups is 1. The second-order valence-electron chi connectivity index (χ2n) is 5.61.